The van der Waals surface area contributed by atoms with Crippen LogP contribution in [0.3, 0.4) is 0 Å². The van der Waals surface area contributed by atoms with E-state index in [1.165, 1.54) is 0 Å². The molecule has 118 valence electrons. The van der Waals surface area contributed by atoms with E-state index in [4.69, 9.17) is 0 Å². The maximum atomic E-state index is 12.7. The Kier molecular flexibility index (Phi) is 4.51. The van der Waals surface area contributed by atoms with Gasteiger partial charge in [-0.05, 0) is 11.6 Å². The van der Waals surface area contributed by atoms with E-state index in [1.807, 2.05) is 0 Å². The summed E-state index contributed by atoms with van der Waals surface area (Å²) in [5.41, 5.74) is -5.45. The molecule has 0 saturated carbocycles. The van der Waals surface area contributed by atoms with E-state index in [2.05, 4.69) is 0 Å². The van der Waals surface area contributed by atoms with Crippen LogP contribution in [0, 0.1) is 10.1 Å². The molecular weight excluding hydrogens is 308 g/mol. The number of halogens is 6. The summed E-state index contributed by atoms with van der Waals surface area (Å²) >= 11 is 0. The Balaban J connectivity index is 3.13. The first-order valence-electron chi connectivity index (χ1n) is 5.42. The van der Waals surface area contributed by atoms with Crippen LogP contribution in [0.2, 0.25) is 0 Å². The second kappa shape index (κ2) is 5.51. The second-order valence-electron chi connectivity index (χ2n) is 4.40. The predicted octanol–water partition coefficient (Wildman–Crippen LogP) is 2.82. The van der Waals surface area contributed by atoms with Crippen molar-refractivity contribution < 1.29 is 36.4 Å². The monoisotopic (exact) mass is 317 g/mol. The van der Waals surface area contributed by atoms with Crippen LogP contribution in [-0.4, -0.2) is 28.4 Å². The number of nitro groups is 1. The van der Waals surface area contributed by atoms with Gasteiger partial charge < -0.3 is 5.11 Å². The van der Waals surface area contributed by atoms with Crippen molar-refractivity contribution in [2.75, 3.05) is 6.54 Å². The fourth-order valence-corrected chi connectivity index (χ4v) is 1.65. The molecule has 0 radical (unpaired) electrons. The largest absolute Gasteiger partial charge is 0.424 e. The lowest BCUT2D eigenvalue weighted by molar-refractivity contribution is -0.515. The number of aliphatic hydroxyl groups is 1. The lowest BCUT2D eigenvalue weighted by Crippen LogP contribution is -2.52. The first kappa shape index (κ1) is 17.2. The zero-order valence-corrected chi connectivity index (χ0v) is 10.2. The van der Waals surface area contributed by atoms with Crippen LogP contribution in [0.5, 0.6) is 0 Å². The smallest absolute Gasteiger partial charge is 0.375 e. The summed E-state index contributed by atoms with van der Waals surface area (Å²) in [7, 11) is 0. The van der Waals surface area contributed by atoms with E-state index in [-0.39, 0.29) is 0 Å². The minimum atomic E-state index is -5.35. The Morgan fingerprint density at radius 3 is 2.14 bits per heavy atom. The number of hydrogen-bond acceptors (Lipinski definition) is 3. The van der Waals surface area contributed by atoms with Crippen LogP contribution >= 0.6 is 0 Å². The molecule has 0 amide bonds. The van der Waals surface area contributed by atoms with Crippen molar-refractivity contribution in [3.05, 3.63) is 45.5 Å². The second-order valence-corrected chi connectivity index (χ2v) is 4.40. The molecule has 4 nitrogen and oxygen atoms in total. The van der Waals surface area contributed by atoms with Crippen LogP contribution in [-0.2, 0) is 12.6 Å². The average Bonchev–Trinajstić information content (AvgIpc) is 2.25. The van der Waals surface area contributed by atoms with Crippen molar-refractivity contribution in [3.63, 3.8) is 0 Å². The summed E-state index contributed by atoms with van der Waals surface area (Å²) in [6.07, 6.45) is -11.5. The summed E-state index contributed by atoms with van der Waals surface area (Å²) in [4.78, 5) is 8.87. The molecule has 0 fully saturated rings. The van der Waals surface area contributed by atoms with E-state index >= 15 is 0 Å². The van der Waals surface area contributed by atoms with Gasteiger partial charge in [0.15, 0.2) is 0 Å². The third-order valence-corrected chi connectivity index (χ3v) is 2.67. The Morgan fingerprint density at radius 1 is 1.14 bits per heavy atom. The fraction of sp³-hybridized carbons (Fsp3) is 0.455. The minimum Gasteiger partial charge on any atom is -0.375 e. The van der Waals surface area contributed by atoms with E-state index in [0.29, 0.717) is 12.1 Å². The Hall–Kier alpha value is -1.84. The molecule has 0 aliphatic rings. The molecule has 1 N–H and O–H groups in total. The van der Waals surface area contributed by atoms with Gasteiger partial charge in [-0.1, -0.05) is 18.2 Å². The van der Waals surface area contributed by atoms with Gasteiger partial charge in [0.2, 0.25) is 12.1 Å². The molecule has 1 aromatic carbocycles. The van der Waals surface area contributed by atoms with Gasteiger partial charge in [-0.15, -0.1) is 0 Å². The normalized spacial score (nSPS) is 15.6. The Bertz CT molecular complexity index is 527. The maximum Gasteiger partial charge on any atom is 0.424 e. The summed E-state index contributed by atoms with van der Waals surface area (Å²) in [6, 6.07) is 2.84. The summed E-state index contributed by atoms with van der Waals surface area (Å²) < 4.78 is 75.5. The highest BCUT2D eigenvalue weighted by Crippen LogP contribution is 2.35. The topological polar surface area (TPSA) is 63.4 Å². The number of benzene rings is 1. The lowest BCUT2D eigenvalue weighted by atomic mass is 9.93. The predicted molar refractivity (Wildman–Crippen MR) is 58.0 cm³/mol. The van der Waals surface area contributed by atoms with Crippen LogP contribution in [0.4, 0.5) is 26.3 Å². The maximum absolute atomic E-state index is 12.7. The van der Waals surface area contributed by atoms with Gasteiger partial charge in [-0.25, -0.2) is 0 Å². The molecule has 1 aromatic rings. The third kappa shape index (κ3) is 4.31. The highest BCUT2D eigenvalue weighted by Gasteiger charge is 2.57. The van der Waals surface area contributed by atoms with E-state index < -0.39 is 47.0 Å². The Labute approximate surface area is 114 Å². The van der Waals surface area contributed by atoms with Crippen molar-refractivity contribution in [1.29, 1.82) is 0 Å². The minimum absolute atomic E-state index is 0.413. The molecule has 0 saturated heterocycles. The third-order valence-electron chi connectivity index (χ3n) is 2.67. The molecule has 21 heavy (non-hydrogen) atoms. The molecule has 0 unspecified atom stereocenters. The molecule has 10 heteroatoms. The number of nitrogens with zero attached hydrogens (tertiary/aromatic N) is 1. The molecule has 0 aliphatic heterocycles. The Morgan fingerprint density at radius 2 is 1.71 bits per heavy atom. The standard InChI is InChI=1S/C11H9F6NO3/c12-10(13,14)8-3-1-2-7(4-8)5-9(19,6-18(20)21)11(15,16)17/h1-4,19H,5-6H2/t9-/m1/s1. The number of rotatable bonds is 4. The zero-order chi connectivity index (χ0) is 16.5. The number of hydrogen-bond donors (Lipinski definition) is 1. The van der Waals surface area contributed by atoms with Gasteiger partial charge in [0.1, 0.15) is 0 Å². The highest BCUT2D eigenvalue weighted by molar-refractivity contribution is 5.27. The van der Waals surface area contributed by atoms with Crippen molar-refractivity contribution in [2.24, 2.45) is 0 Å². The van der Waals surface area contributed by atoms with Gasteiger partial charge in [0.05, 0.1) is 5.56 Å². The summed E-state index contributed by atoms with van der Waals surface area (Å²) in [6.45, 7) is -1.85. The number of alkyl halides is 6. The summed E-state index contributed by atoms with van der Waals surface area (Å²) in [5, 5.41) is 19.7. The fourth-order valence-electron chi connectivity index (χ4n) is 1.65. The van der Waals surface area contributed by atoms with Gasteiger partial charge in [-0.3, -0.25) is 10.1 Å². The molecule has 1 atom stereocenters. The SMILES string of the molecule is O=[N+]([O-])C[C@](O)(Cc1cccc(C(F)(F)F)c1)C(F)(F)F. The van der Waals surface area contributed by atoms with E-state index in [0.717, 1.165) is 12.1 Å². The summed E-state index contributed by atoms with van der Waals surface area (Å²) in [5.74, 6) is 0. The van der Waals surface area contributed by atoms with Crippen LogP contribution < -0.4 is 0 Å². The van der Waals surface area contributed by atoms with Crippen molar-refractivity contribution >= 4 is 0 Å². The van der Waals surface area contributed by atoms with Gasteiger partial charge in [0.25, 0.3) is 0 Å². The molecule has 0 spiro atoms. The van der Waals surface area contributed by atoms with Gasteiger partial charge in [0, 0.05) is 11.3 Å². The molecule has 0 heterocycles. The molecule has 1 rings (SSSR count). The average molecular weight is 317 g/mol. The van der Waals surface area contributed by atoms with Gasteiger partial charge in [-0.2, -0.15) is 26.3 Å². The molecule has 0 bridgehead atoms. The van der Waals surface area contributed by atoms with E-state index in [1.54, 1.807) is 0 Å². The van der Waals surface area contributed by atoms with Crippen LogP contribution in [0.1, 0.15) is 11.1 Å². The van der Waals surface area contributed by atoms with E-state index in [9.17, 15) is 41.6 Å². The quantitative estimate of drug-likeness (QED) is 0.528. The first-order valence-corrected chi connectivity index (χ1v) is 5.42. The van der Waals surface area contributed by atoms with Crippen molar-refractivity contribution in [1.82, 2.24) is 0 Å². The van der Waals surface area contributed by atoms with Crippen LogP contribution in [0.25, 0.3) is 0 Å². The zero-order valence-electron chi connectivity index (χ0n) is 10.2. The first-order chi connectivity index (χ1) is 9.35. The molecular formula is C11H9F6NO3. The van der Waals surface area contributed by atoms with Gasteiger partial charge >= 0.3 is 12.4 Å². The molecule has 0 aromatic heterocycles. The highest BCUT2D eigenvalue weighted by atomic mass is 19.4. The van der Waals surface area contributed by atoms with Crippen molar-refractivity contribution in [2.45, 2.75) is 24.4 Å². The van der Waals surface area contributed by atoms with Crippen LogP contribution in [0.15, 0.2) is 24.3 Å². The molecule has 0 aliphatic carbocycles. The van der Waals surface area contributed by atoms with Crippen molar-refractivity contribution in [3.8, 4) is 0 Å². The lowest BCUT2D eigenvalue weighted by Gasteiger charge is -2.26.